The average Bonchev–Trinajstić information content (AvgIpc) is 3.97. The highest BCUT2D eigenvalue weighted by atomic mass is 16.7. The number of anilines is 1. The SMILES string of the molecule is CC#CC1CCC2C3CCC4=CC(=O)CCC4=C3CCC12.COC(=O)CCC(C)C1CCC2C3CCC4CC(OCCN(C)c5ccccc5)CCC4(C)C3CCC12C.CO[NH2+]c1ccc(OC(=O)O)cc1. The van der Waals surface area contributed by atoms with Crippen LogP contribution in [-0.4, -0.2) is 63.5 Å². The molecule has 13 atom stereocenters. The first-order valence-electron chi connectivity index (χ1n) is 28.0. The number of hydrogen-bond donors (Lipinski definition) is 2. The number of likely N-dealkylation sites (N-methyl/N-ethyl adjacent to an activating group) is 1. The molecule has 392 valence electrons. The van der Waals surface area contributed by atoms with Gasteiger partial charge in [-0.2, -0.15) is 5.48 Å². The second-order valence-corrected chi connectivity index (χ2v) is 23.5. The molecule has 8 aliphatic rings. The first kappa shape index (κ1) is 53.8. The van der Waals surface area contributed by atoms with E-state index in [9.17, 15) is 14.4 Å². The van der Waals surface area contributed by atoms with E-state index in [1.807, 2.05) is 13.0 Å². The first-order valence-corrected chi connectivity index (χ1v) is 28.0. The van der Waals surface area contributed by atoms with E-state index in [4.69, 9.17) is 19.4 Å². The molecular formula is C62H87N2O8+. The van der Waals surface area contributed by atoms with Gasteiger partial charge < -0.3 is 24.2 Å². The summed E-state index contributed by atoms with van der Waals surface area (Å²) in [4.78, 5) is 40.6. The molecule has 10 nitrogen and oxygen atoms in total. The van der Waals surface area contributed by atoms with Gasteiger partial charge in [-0.3, -0.25) is 9.59 Å². The molecule has 13 unspecified atom stereocenters. The van der Waals surface area contributed by atoms with Crippen molar-refractivity contribution in [2.75, 3.05) is 39.3 Å². The predicted octanol–water partition coefficient (Wildman–Crippen LogP) is 12.7. The van der Waals surface area contributed by atoms with Crippen LogP contribution in [0.2, 0.25) is 0 Å². The number of quaternary nitrogens is 1. The lowest BCUT2D eigenvalue weighted by Gasteiger charge is -2.61. The summed E-state index contributed by atoms with van der Waals surface area (Å²) in [5.74, 6) is 15.3. The average molecular weight is 988 g/mol. The molecule has 10 heteroatoms. The van der Waals surface area contributed by atoms with E-state index in [-0.39, 0.29) is 5.97 Å². The number of ketones is 1. The molecule has 6 fully saturated rings. The summed E-state index contributed by atoms with van der Waals surface area (Å²) in [6.07, 6.45) is 24.4. The van der Waals surface area contributed by atoms with Gasteiger partial charge in [-0.15, -0.1) is 5.92 Å². The molecule has 0 aromatic heterocycles. The van der Waals surface area contributed by atoms with Crippen LogP contribution in [0.3, 0.4) is 0 Å². The van der Waals surface area contributed by atoms with Crippen LogP contribution < -0.4 is 15.1 Å². The van der Waals surface area contributed by atoms with Crippen molar-refractivity contribution >= 4 is 29.3 Å². The van der Waals surface area contributed by atoms with Crippen molar-refractivity contribution in [3.05, 3.63) is 77.4 Å². The summed E-state index contributed by atoms with van der Waals surface area (Å²) in [7, 11) is 5.23. The summed E-state index contributed by atoms with van der Waals surface area (Å²) >= 11 is 0. The number of para-hydroxylation sites is 1. The Morgan fingerprint density at radius 1 is 0.833 bits per heavy atom. The Morgan fingerprint density at radius 3 is 2.32 bits per heavy atom. The number of methoxy groups -OCH3 is 1. The normalized spacial score (nSPS) is 33.4. The van der Waals surface area contributed by atoms with E-state index in [0.717, 1.165) is 91.9 Å². The van der Waals surface area contributed by atoms with Crippen LogP contribution in [0.25, 0.3) is 0 Å². The molecule has 3 N–H and O–H groups in total. The van der Waals surface area contributed by atoms with E-state index in [2.05, 4.69) is 79.6 Å². The number of carboxylic acid groups (broad SMARTS) is 1. The van der Waals surface area contributed by atoms with Crippen LogP contribution in [0.4, 0.5) is 16.2 Å². The van der Waals surface area contributed by atoms with Crippen LogP contribution in [0.1, 0.15) is 150 Å². The number of benzene rings is 2. The molecule has 0 spiro atoms. The summed E-state index contributed by atoms with van der Waals surface area (Å²) in [5, 5.41) is 8.28. The van der Waals surface area contributed by atoms with Gasteiger partial charge in [-0.05, 0) is 222 Å². The van der Waals surface area contributed by atoms with Crippen LogP contribution in [0, 0.1) is 81.8 Å². The zero-order chi connectivity index (χ0) is 51.0. The second kappa shape index (κ2) is 24.3. The Hall–Kier alpha value is -4.43. The number of carbonyl (C=O) groups excluding carboxylic acids is 2. The fourth-order valence-electron chi connectivity index (χ4n) is 16.6. The maximum Gasteiger partial charge on any atom is 0.511 e. The number of carbonyl (C=O) groups is 3. The van der Waals surface area contributed by atoms with Gasteiger partial charge in [-0.25, -0.2) is 9.63 Å². The summed E-state index contributed by atoms with van der Waals surface area (Å²) in [5.41, 5.74) is 9.34. The number of nitrogens with zero attached hydrogens (tertiary/aromatic N) is 1. The third kappa shape index (κ3) is 12.1. The lowest BCUT2D eigenvalue weighted by Crippen LogP contribution is -2.75. The number of allylic oxidation sites excluding steroid dienone is 4. The number of fused-ring (bicyclic) bond motifs is 9. The van der Waals surface area contributed by atoms with Crippen molar-refractivity contribution in [2.24, 2.45) is 70.0 Å². The number of ether oxygens (including phenoxy) is 3. The van der Waals surface area contributed by atoms with Crippen LogP contribution in [0.5, 0.6) is 5.75 Å². The molecule has 0 aliphatic heterocycles. The molecule has 0 amide bonds. The summed E-state index contributed by atoms with van der Waals surface area (Å²) in [6.45, 7) is 11.5. The minimum atomic E-state index is -1.32. The maximum atomic E-state index is 11.8. The highest BCUT2D eigenvalue weighted by Crippen LogP contribution is 2.68. The van der Waals surface area contributed by atoms with E-state index in [1.165, 1.54) is 108 Å². The number of rotatable bonds is 12. The number of esters is 1. The Labute approximate surface area is 431 Å². The molecule has 0 radical (unpaired) electrons. The predicted molar refractivity (Wildman–Crippen MR) is 283 cm³/mol. The van der Waals surface area contributed by atoms with Gasteiger partial charge >= 0.3 is 12.1 Å². The molecule has 0 bridgehead atoms. The largest absolute Gasteiger partial charge is 0.511 e. The quantitative estimate of drug-likeness (QED) is 0.0702. The van der Waals surface area contributed by atoms with E-state index >= 15 is 0 Å². The molecule has 2 aromatic rings. The molecule has 72 heavy (non-hydrogen) atoms. The fourth-order valence-corrected chi connectivity index (χ4v) is 16.6. The van der Waals surface area contributed by atoms with Gasteiger partial charge in [0.15, 0.2) is 11.5 Å². The zero-order valence-corrected chi connectivity index (χ0v) is 44.8. The van der Waals surface area contributed by atoms with E-state index in [1.54, 1.807) is 48.0 Å². The minimum absolute atomic E-state index is 0.0469. The molecular weight excluding hydrogens is 901 g/mol. The van der Waals surface area contributed by atoms with Crippen molar-refractivity contribution < 1.29 is 44.0 Å². The summed E-state index contributed by atoms with van der Waals surface area (Å²) < 4.78 is 15.8. The van der Waals surface area contributed by atoms with Gasteiger partial charge in [0.1, 0.15) is 5.75 Å². The Balaban J connectivity index is 0.000000169. The van der Waals surface area contributed by atoms with E-state index < -0.39 is 6.16 Å². The molecule has 2 aromatic carbocycles. The third-order valence-electron chi connectivity index (χ3n) is 20.1. The smallest absolute Gasteiger partial charge is 0.469 e. The zero-order valence-electron chi connectivity index (χ0n) is 44.8. The highest BCUT2D eigenvalue weighted by molar-refractivity contribution is 5.93. The van der Waals surface area contributed by atoms with Gasteiger partial charge in [0.25, 0.3) is 0 Å². The van der Waals surface area contributed by atoms with Crippen molar-refractivity contribution in [1.82, 2.24) is 0 Å². The van der Waals surface area contributed by atoms with Crippen molar-refractivity contribution in [2.45, 2.75) is 156 Å². The van der Waals surface area contributed by atoms with Crippen LogP contribution >= 0.6 is 0 Å². The summed E-state index contributed by atoms with van der Waals surface area (Å²) in [6, 6.07) is 17.1. The lowest BCUT2D eigenvalue weighted by molar-refractivity contribution is -0.830. The minimum Gasteiger partial charge on any atom is -0.469 e. The fraction of sp³-hybridized carbons (Fsp3) is 0.661. The van der Waals surface area contributed by atoms with Gasteiger partial charge in [0.05, 0.1) is 26.9 Å². The van der Waals surface area contributed by atoms with Gasteiger partial charge in [0, 0.05) is 50.2 Å². The standard InChI is InChI=1S/C34H53NO3.C20H24O.C8H9NO4/c1-24(11-16-32(36)37-5)29-14-15-30-28-13-12-25-23-27(38-22-21-35(4)26-9-7-6-8-10-26)17-19-33(25,2)31(28)18-20-34(29,30)3;1-2-3-13-4-7-18-16(13)10-11-19-17-9-6-15(21)12-14(17)5-8-20(18)19;1-12-9-6-2-4-7(5-3-6)13-8(10)11/h6-10,24-25,27-31H,11-23H2,1-5H3;12-13,16,18,20H,4-11H2,1H3;2-5,9H,1H3,(H,10,11)/p+1. The second-order valence-electron chi connectivity index (χ2n) is 23.5. The third-order valence-corrected chi connectivity index (χ3v) is 20.1. The molecule has 0 heterocycles. The van der Waals surface area contributed by atoms with Gasteiger partial charge in [-0.1, -0.05) is 50.5 Å². The Morgan fingerprint density at radius 2 is 1.58 bits per heavy atom. The number of nitrogens with two attached hydrogens (primary N) is 1. The van der Waals surface area contributed by atoms with Gasteiger partial charge in [0.2, 0.25) is 0 Å². The highest BCUT2D eigenvalue weighted by Gasteiger charge is 2.60. The topological polar surface area (TPSA) is 128 Å². The Bertz CT molecular complexity index is 2300. The molecule has 6 saturated carbocycles. The first-order chi connectivity index (χ1) is 34.8. The van der Waals surface area contributed by atoms with Crippen molar-refractivity contribution in [3.63, 3.8) is 0 Å². The van der Waals surface area contributed by atoms with E-state index in [0.29, 0.717) is 46.7 Å². The van der Waals surface area contributed by atoms with Crippen LogP contribution in [0.15, 0.2) is 77.4 Å². The molecule has 0 saturated heterocycles. The number of hydrogen-bond acceptors (Lipinski definition) is 8. The maximum absolute atomic E-state index is 11.8. The van der Waals surface area contributed by atoms with Crippen molar-refractivity contribution in [1.29, 1.82) is 0 Å². The monoisotopic (exact) mass is 988 g/mol. The van der Waals surface area contributed by atoms with Crippen molar-refractivity contribution in [3.8, 4) is 17.6 Å². The molecule has 10 rings (SSSR count). The van der Waals surface area contributed by atoms with Crippen LogP contribution in [-0.2, 0) is 23.9 Å². The lowest BCUT2D eigenvalue weighted by atomic mass is 9.44. The Kier molecular flexibility index (Phi) is 18.2. The molecule has 8 aliphatic carbocycles.